The van der Waals surface area contributed by atoms with Gasteiger partial charge in [-0.2, -0.15) is 4.31 Å². The van der Waals surface area contributed by atoms with Crippen LogP contribution in [0.15, 0.2) is 45.7 Å². The topological polar surface area (TPSA) is 92.5 Å². The van der Waals surface area contributed by atoms with Gasteiger partial charge in [0.2, 0.25) is 15.9 Å². The standard InChI is InChI=1S/C20H19F2N3O4S/c1-12-23-18-10-14(2-5-19(18)29-12)24-20(26)13-6-8-25(9-7-13)30(27,28)15-3-4-16(21)17(22)11-15/h2-5,10-11,13H,6-9H2,1H3,(H,24,26). The minimum absolute atomic E-state index is 0.112. The quantitative estimate of drug-likeness (QED) is 0.678. The molecule has 30 heavy (non-hydrogen) atoms. The van der Waals surface area contributed by atoms with E-state index in [9.17, 15) is 22.0 Å². The van der Waals surface area contributed by atoms with E-state index in [2.05, 4.69) is 10.3 Å². The number of nitrogens with zero attached hydrogens (tertiary/aromatic N) is 2. The van der Waals surface area contributed by atoms with E-state index in [0.717, 1.165) is 12.1 Å². The Morgan fingerprint density at radius 3 is 2.57 bits per heavy atom. The number of piperidine rings is 1. The van der Waals surface area contributed by atoms with Crippen molar-refractivity contribution in [2.24, 2.45) is 5.92 Å². The Labute approximate surface area is 171 Å². The van der Waals surface area contributed by atoms with Crippen LogP contribution in [0.5, 0.6) is 0 Å². The van der Waals surface area contributed by atoms with Crippen molar-refractivity contribution in [3.05, 3.63) is 53.9 Å². The number of sulfonamides is 1. The number of hydrogen-bond acceptors (Lipinski definition) is 5. The molecule has 2 aromatic carbocycles. The summed E-state index contributed by atoms with van der Waals surface area (Å²) in [7, 11) is -3.96. The van der Waals surface area contributed by atoms with Crippen molar-refractivity contribution < 1.29 is 26.4 Å². The highest BCUT2D eigenvalue weighted by Gasteiger charge is 2.32. The van der Waals surface area contributed by atoms with Crippen LogP contribution in [0, 0.1) is 24.5 Å². The zero-order valence-corrected chi connectivity index (χ0v) is 16.9. The number of nitrogens with one attached hydrogen (secondary N) is 1. The number of rotatable bonds is 4. The van der Waals surface area contributed by atoms with Gasteiger partial charge in [0.15, 0.2) is 23.1 Å². The van der Waals surface area contributed by atoms with Crippen molar-refractivity contribution in [1.29, 1.82) is 0 Å². The largest absolute Gasteiger partial charge is 0.441 e. The lowest BCUT2D eigenvalue weighted by atomic mass is 9.97. The molecule has 0 unspecified atom stereocenters. The summed E-state index contributed by atoms with van der Waals surface area (Å²) < 4.78 is 58.5. The number of oxazole rings is 1. The fourth-order valence-electron chi connectivity index (χ4n) is 3.51. The molecular formula is C20H19F2N3O4S. The molecule has 158 valence electrons. The molecule has 10 heteroatoms. The van der Waals surface area contributed by atoms with Gasteiger partial charge in [0, 0.05) is 31.6 Å². The molecule has 2 heterocycles. The van der Waals surface area contributed by atoms with Crippen molar-refractivity contribution in [2.75, 3.05) is 18.4 Å². The molecule has 1 saturated heterocycles. The van der Waals surface area contributed by atoms with E-state index in [4.69, 9.17) is 4.42 Å². The smallest absolute Gasteiger partial charge is 0.243 e. The second-order valence-corrected chi connectivity index (χ2v) is 9.10. The summed E-state index contributed by atoms with van der Waals surface area (Å²) >= 11 is 0. The summed E-state index contributed by atoms with van der Waals surface area (Å²) in [5.41, 5.74) is 1.84. The van der Waals surface area contributed by atoms with E-state index in [1.165, 1.54) is 4.31 Å². The van der Waals surface area contributed by atoms with Crippen molar-refractivity contribution in [2.45, 2.75) is 24.7 Å². The number of aryl methyl sites for hydroxylation is 1. The molecule has 1 fully saturated rings. The predicted octanol–water partition coefficient (Wildman–Crippen LogP) is 3.45. The number of carbonyl (C=O) groups excluding carboxylic acids is 1. The van der Waals surface area contributed by atoms with Crippen LogP contribution in [0.2, 0.25) is 0 Å². The van der Waals surface area contributed by atoms with Gasteiger partial charge in [0.05, 0.1) is 4.90 Å². The molecule has 1 amide bonds. The van der Waals surface area contributed by atoms with Crippen LogP contribution in [0.3, 0.4) is 0 Å². The average Bonchev–Trinajstić information content (AvgIpc) is 3.09. The third kappa shape index (κ3) is 3.92. The van der Waals surface area contributed by atoms with Crippen molar-refractivity contribution in [3.8, 4) is 0 Å². The molecule has 1 aromatic heterocycles. The molecule has 4 rings (SSSR count). The summed E-state index contributed by atoms with van der Waals surface area (Å²) in [6.07, 6.45) is 0.639. The Balaban J connectivity index is 1.40. The highest BCUT2D eigenvalue weighted by Crippen LogP contribution is 2.26. The molecular weight excluding hydrogens is 416 g/mol. The molecule has 0 spiro atoms. The first kappa shape index (κ1) is 20.4. The Hall–Kier alpha value is -2.85. The Morgan fingerprint density at radius 1 is 1.13 bits per heavy atom. The minimum atomic E-state index is -3.96. The number of carbonyl (C=O) groups is 1. The first-order chi connectivity index (χ1) is 14.2. The van der Waals surface area contributed by atoms with Crippen molar-refractivity contribution >= 4 is 32.7 Å². The lowest BCUT2D eigenvalue weighted by Crippen LogP contribution is -2.41. The molecule has 1 aliphatic rings. The van der Waals surface area contributed by atoms with Crippen LogP contribution in [-0.2, 0) is 14.8 Å². The molecule has 7 nitrogen and oxygen atoms in total. The normalized spacial score (nSPS) is 16.1. The summed E-state index contributed by atoms with van der Waals surface area (Å²) in [6, 6.07) is 7.65. The second-order valence-electron chi connectivity index (χ2n) is 7.16. The molecule has 1 aliphatic heterocycles. The SMILES string of the molecule is Cc1nc2cc(NC(=O)C3CCN(S(=O)(=O)c4ccc(F)c(F)c4)CC3)ccc2o1. The first-order valence-electron chi connectivity index (χ1n) is 9.37. The van der Waals surface area contributed by atoms with Gasteiger partial charge in [-0.15, -0.1) is 0 Å². The van der Waals surface area contributed by atoms with E-state index in [0.29, 0.717) is 41.6 Å². The molecule has 1 N–H and O–H groups in total. The van der Waals surface area contributed by atoms with Crippen LogP contribution in [0.1, 0.15) is 18.7 Å². The van der Waals surface area contributed by atoms with Gasteiger partial charge >= 0.3 is 0 Å². The van der Waals surface area contributed by atoms with Gasteiger partial charge in [-0.25, -0.2) is 22.2 Å². The molecule has 0 bridgehead atoms. The number of amides is 1. The third-order valence-electron chi connectivity index (χ3n) is 5.12. The number of anilines is 1. The van der Waals surface area contributed by atoms with Crippen molar-refractivity contribution in [1.82, 2.24) is 9.29 Å². The van der Waals surface area contributed by atoms with Crippen LogP contribution < -0.4 is 5.32 Å². The average molecular weight is 435 g/mol. The number of fused-ring (bicyclic) bond motifs is 1. The van der Waals surface area contributed by atoms with E-state index < -0.39 is 21.7 Å². The van der Waals surface area contributed by atoms with E-state index in [1.807, 2.05) is 0 Å². The third-order valence-corrected chi connectivity index (χ3v) is 7.01. The minimum Gasteiger partial charge on any atom is -0.441 e. The predicted molar refractivity (Wildman–Crippen MR) is 105 cm³/mol. The Kier molecular flexibility index (Phi) is 5.29. The maximum Gasteiger partial charge on any atom is 0.243 e. The van der Waals surface area contributed by atoms with Gasteiger partial charge in [-0.3, -0.25) is 4.79 Å². The van der Waals surface area contributed by atoms with Crippen LogP contribution >= 0.6 is 0 Å². The Morgan fingerprint density at radius 2 is 1.87 bits per heavy atom. The fraction of sp³-hybridized carbons (Fsp3) is 0.300. The maximum atomic E-state index is 13.4. The van der Waals surface area contributed by atoms with E-state index in [-0.39, 0.29) is 29.8 Å². The van der Waals surface area contributed by atoms with Crippen LogP contribution in [0.25, 0.3) is 11.1 Å². The first-order valence-corrected chi connectivity index (χ1v) is 10.8. The van der Waals surface area contributed by atoms with E-state index >= 15 is 0 Å². The van der Waals surface area contributed by atoms with Gasteiger partial charge in [0.1, 0.15) is 5.52 Å². The summed E-state index contributed by atoms with van der Waals surface area (Å²) in [5.74, 6) is -2.37. The number of aromatic nitrogens is 1. The number of halogens is 2. The number of hydrogen-bond donors (Lipinski definition) is 1. The molecule has 0 saturated carbocycles. The summed E-state index contributed by atoms with van der Waals surface area (Å²) in [4.78, 5) is 16.5. The zero-order chi connectivity index (χ0) is 21.5. The fourth-order valence-corrected chi connectivity index (χ4v) is 4.99. The zero-order valence-electron chi connectivity index (χ0n) is 16.1. The highest BCUT2D eigenvalue weighted by molar-refractivity contribution is 7.89. The second kappa shape index (κ2) is 7.77. The monoisotopic (exact) mass is 435 g/mol. The van der Waals surface area contributed by atoms with Crippen molar-refractivity contribution in [3.63, 3.8) is 0 Å². The van der Waals surface area contributed by atoms with Gasteiger partial charge < -0.3 is 9.73 Å². The summed E-state index contributed by atoms with van der Waals surface area (Å²) in [5, 5.41) is 2.83. The van der Waals surface area contributed by atoms with Gasteiger partial charge in [0.25, 0.3) is 0 Å². The van der Waals surface area contributed by atoms with Gasteiger partial charge in [-0.1, -0.05) is 0 Å². The molecule has 0 atom stereocenters. The summed E-state index contributed by atoms with van der Waals surface area (Å²) in [6.45, 7) is 1.96. The van der Waals surface area contributed by atoms with E-state index in [1.54, 1.807) is 25.1 Å². The number of benzene rings is 2. The van der Waals surface area contributed by atoms with Crippen LogP contribution in [0.4, 0.5) is 14.5 Å². The Bertz CT molecular complexity index is 1220. The lowest BCUT2D eigenvalue weighted by Gasteiger charge is -2.30. The lowest BCUT2D eigenvalue weighted by molar-refractivity contribution is -0.120. The van der Waals surface area contributed by atoms with Crippen LogP contribution in [-0.4, -0.2) is 36.7 Å². The van der Waals surface area contributed by atoms with Gasteiger partial charge in [-0.05, 0) is 49.2 Å². The molecule has 3 aromatic rings. The highest BCUT2D eigenvalue weighted by atomic mass is 32.2. The maximum absolute atomic E-state index is 13.4. The molecule has 0 radical (unpaired) electrons. The molecule has 0 aliphatic carbocycles.